The normalized spacial score (nSPS) is 12.3. The highest BCUT2D eigenvalue weighted by molar-refractivity contribution is 7.20. The second kappa shape index (κ2) is 22.8. The number of hydrogen-bond acceptors (Lipinski definition) is 0. The predicted molar refractivity (Wildman–Crippen MR) is 446 cm³/mol. The molecule has 22 aromatic rings. The monoisotopic (exact) mass is 1350 g/mol. The average Bonchev–Trinajstić information content (AvgIpc) is 1.56. The highest BCUT2D eigenvalue weighted by atomic mass is 28.3. The fourth-order valence-corrected chi connectivity index (χ4v) is 23.2. The molecule has 6 aromatic heterocycles. The van der Waals surface area contributed by atoms with E-state index in [1.54, 1.807) is 0 Å². The van der Waals surface area contributed by atoms with Crippen LogP contribution in [-0.2, 0) is 0 Å². The minimum Gasteiger partial charge on any atom is -0.307 e. The van der Waals surface area contributed by atoms with Crippen LogP contribution in [0.15, 0.2) is 364 Å². The highest BCUT2D eigenvalue weighted by Gasteiger charge is 2.43. The van der Waals surface area contributed by atoms with Gasteiger partial charge in [0, 0.05) is 98.8 Å². The molecule has 105 heavy (non-hydrogen) atoms. The summed E-state index contributed by atoms with van der Waals surface area (Å²) in [6, 6.07) is 138. The lowest BCUT2D eigenvalue weighted by Gasteiger charge is -2.35. The van der Waals surface area contributed by atoms with E-state index in [0.717, 1.165) is 50.7 Å². The van der Waals surface area contributed by atoms with Gasteiger partial charge in [0.2, 0.25) is 0 Å². The maximum absolute atomic E-state index is 3.67. The van der Waals surface area contributed by atoms with E-state index in [2.05, 4.69) is 405 Å². The summed E-state index contributed by atoms with van der Waals surface area (Å²) in [5.41, 5.74) is 23.2. The number of rotatable bonds is 10. The van der Waals surface area contributed by atoms with Crippen molar-refractivity contribution in [1.29, 1.82) is 0 Å². The average molecular weight is 1360 g/mol. The molecule has 7 heteroatoms. The Labute approximate surface area is 606 Å². The predicted octanol–water partition coefficient (Wildman–Crippen LogP) is 22.3. The smallest absolute Gasteiger partial charge is 0.179 e. The van der Waals surface area contributed by atoms with Crippen molar-refractivity contribution in [2.75, 3.05) is 0 Å². The van der Waals surface area contributed by atoms with Gasteiger partial charge < -0.3 is 27.4 Å². The highest BCUT2D eigenvalue weighted by Crippen LogP contribution is 2.47. The van der Waals surface area contributed by atoms with E-state index >= 15 is 0 Å². The van der Waals surface area contributed by atoms with Gasteiger partial charge in [-0.25, -0.2) is 0 Å². The third-order valence-electron chi connectivity index (χ3n) is 22.8. The van der Waals surface area contributed by atoms with E-state index in [1.807, 2.05) is 0 Å². The molecule has 6 nitrogen and oxygen atoms in total. The zero-order valence-electron chi connectivity index (χ0n) is 57.8. The third kappa shape index (κ3) is 8.47. The first-order valence-corrected chi connectivity index (χ1v) is 38.4. The molecule has 0 aliphatic rings. The van der Waals surface area contributed by atoms with Crippen molar-refractivity contribution < 1.29 is 0 Å². The van der Waals surface area contributed by atoms with Crippen LogP contribution in [0, 0.1) is 13.8 Å². The zero-order valence-corrected chi connectivity index (χ0v) is 58.8. The van der Waals surface area contributed by atoms with Gasteiger partial charge in [0.05, 0.1) is 66.2 Å². The molecule has 0 radical (unpaired) electrons. The molecule has 0 spiro atoms. The van der Waals surface area contributed by atoms with Crippen LogP contribution in [-0.4, -0.2) is 35.5 Å². The number of fused-ring (bicyclic) bond motifs is 21. The van der Waals surface area contributed by atoms with Crippen molar-refractivity contribution in [2.45, 2.75) is 13.8 Å². The second-order valence-electron chi connectivity index (χ2n) is 28.5. The maximum atomic E-state index is 2.62. The van der Waals surface area contributed by atoms with E-state index < -0.39 is 8.07 Å². The number of benzene rings is 16. The van der Waals surface area contributed by atoms with Crippen molar-refractivity contribution >= 4 is 160 Å². The molecular formula is C98H66N6Si. The van der Waals surface area contributed by atoms with Crippen molar-refractivity contribution in [3.8, 4) is 34.1 Å². The topological polar surface area (TPSA) is 29.6 Å². The molecule has 0 N–H and O–H groups in total. The lowest BCUT2D eigenvalue weighted by atomic mass is 10.1. The first-order chi connectivity index (χ1) is 52.0. The Balaban J connectivity index is 0.918. The molecule has 0 unspecified atom stereocenters. The molecule has 6 heterocycles. The first-order valence-electron chi connectivity index (χ1n) is 36.4. The lowest BCUT2D eigenvalue weighted by Crippen LogP contribution is -2.74. The molecule has 0 aliphatic heterocycles. The van der Waals surface area contributed by atoms with E-state index in [-0.39, 0.29) is 0 Å². The number of hydrogen-bond donors (Lipinski definition) is 0. The SMILES string of the molecule is Cc1ccc2c3ccc4c5ccc([Si](c6ccccc6)(c6ccc7c8ccc9c%10ccccc%10n(-c%10ccccc%10)c9c8n(-c8ccccc8)c7c6)c6ccc7c8ccc9c%10ccc(C)cc%10n(-c%10ccccc%10)c9c8n(-c8ccccc8)c7c6)cc5n(-c5ccccc5)c4c3n(-c3ccccc3)c2c1. The van der Waals surface area contributed by atoms with Crippen LogP contribution >= 0.6 is 0 Å². The number of para-hydroxylation sites is 7. The summed E-state index contributed by atoms with van der Waals surface area (Å²) in [5, 5.41) is 19.6. The van der Waals surface area contributed by atoms with Crippen LogP contribution in [0.1, 0.15) is 11.1 Å². The van der Waals surface area contributed by atoms with Crippen LogP contribution in [0.25, 0.3) is 165 Å². The van der Waals surface area contributed by atoms with Crippen LogP contribution in [0.2, 0.25) is 0 Å². The molecule has 22 rings (SSSR count). The third-order valence-corrected chi connectivity index (χ3v) is 27.5. The summed E-state index contributed by atoms with van der Waals surface area (Å²) in [6.45, 7) is 4.42. The number of aryl methyl sites for hydroxylation is 2. The summed E-state index contributed by atoms with van der Waals surface area (Å²) in [6.07, 6.45) is 0. The molecule has 0 saturated carbocycles. The summed E-state index contributed by atoms with van der Waals surface area (Å²) in [5.74, 6) is 0. The van der Waals surface area contributed by atoms with Crippen molar-refractivity contribution in [3.63, 3.8) is 0 Å². The molecule has 0 amide bonds. The fourth-order valence-electron chi connectivity index (χ4n) is 18.4. The molecule has 0 bridgehead atoms. The Bertz CT molecular complexity index is 7030. The van der Waals surface area contributed by atoms with Crippen LogP contribution in [0.4, 0.5) is 0 Å². The van der Waals surface area contributed by atoms with E-state index in [4.69, 9.17) is 0 Å². The Hall–Kier alpha value is -13.5. The maximum Gasteiger partial charge on any atom is 0.179 e. The number of aromatic nitrogens is 6. The summed E-state index contributed by atoms with van der Waals surface area (Å²) in [7, 11) is -3.67. The largest absolute Gasteiger partial charge is 0.307 e. The van der Waals surface area contributed by atoms with Gasteiger partial charge in [0.1, 0.15) is 0 Å². The lowest BCUT2D eigenvalue weighted by molar-refractivity contribution is 1.15. The van der Waals surface area contributed by atoms with Crippen LogP contribution in [0.5, 0.6) is 0 Å². The molecule has 16 aromatic carbocycles. The van der Waals surface area contributed by atoms with Crippen molar-refractivity contribution in [3.05, 3.63) is 375 Å². The van der Waals surface area contributed by atoms with Gasteiger partial charge in [-0.15, -0.1) is 0 Å². The molecular weight excluding hydrogens is 1290 g/mol. The molecule has 0 aliphatic carbocycles. The standard InChI is InChI=1S/C98H66N6Si/c1-63-42-47-76-82-54-56-85-79-50-45-73(61-91(79)103(69-34-18-7-19-35-69)97(85)95(82)100(88(76)58-63)66-28-12-4-13-29-66)105(71-38-22-9-23-39-71,72-44-49-78-84-53-52-81-75-40-24-25-41-87(75)99(65-26-10-3-11-27-65)93(81)94(84)102(90(78)60-72)68-32-16-6-17-33-68)74-46-51-80-86-57-55-83-77-48-43-64(2)59-89(77)101(67-30-14-5-15-31-67)96(83)98(86)104(92(80)62-74)70-36-20-8-21-37-70/h3-62H,1-2H3. The summed E-state index contributed by atoms with van der Waals surface area (Å²) < 4.78 is 15.3. The first kappa shape index (κ1) is 59.2. The fraction of sp³-hybridized carbons (Fsp3) is 0.0204. The Morgan fingerprint density at radius 1 is 0.162 bits per heavy atom. The quantitative estimate of drug-likeness (QED) is 0.0965. The van der Waals surface area contributed by atoms with Gasteiger partial charge in [-0.3, -0.25) is 0 Å². The van der Waals surface area contributed by atoms with E-state index in [0.29, 0.717) is 0 Å². The molecule has 0 saturated heterocycles. The van der Waals surface area contributed by atoms with Crippen LogP contribution < -0.4 is 20.7 Å². The second-order valence-corrected chi connectivity index (χ2v) is 32.3. The van der Waals surface area contributed by atoms with Gasteiger partial charge in [0.15, 0.2) is 8.07 Å². The molecule has 0 fully saturated rings. The van der Waals surface area contributed by atoms with Gasteiger partial charge >= 0.3 is 0 Å². The van der Waals surface area contributed by atoms with Gasteiger partial charge in [0.25, 0.3) is 0 Å². The Morgan fingerprint density at radius 2 is 0.371 bits per heavy atom. The Morgan fingerprint density at radius 3 is 0.657 bits per heavy atom. The minimum atomic E-state index is -3.67. The molecule has 0 atom stereocenters. The van der Waals surface area contributed by atoms with Gasteiger partial charge in [-0.2, -0.15) is 0 Å². The summed E-state index contributed by atoms with van der Waals surface area (Å²) >= 11 is 0. The van der Waals surface area contributed by atoms with Crippen molar-refractivity contribution in [1.82, 2.24) is 27.4 Å². The number of nitrogens with zero attached hydrogens (tertiary/aromatic N) is 6. The minimum absolute atomic E-state index is 1.10. The van der Waals surface area contributed by atoms with Crippen molar-refractivity contribution in [2.24, 2.45) is 0 Å². The van der Waals surface area contributed by atoms with E-state index in [1.165, 1.54) is 146 Å². The Kier molecular flexibility index (Phi) is 12.8. The van der Waals surface area contributed by atoms with E-state index in [9.17, 15) is 0 Å². The van der Waals surface area contributed by atoms with Gasteiger partial charge in [-0.05, 0) is 155 Å². The molecule has 492 valence electrons. The van der Waals surface area contributed by atoms with Gasteiger partial charge in [-0.1, -0.05) is 255 Å². The summed E-state index contributed by atoms with van der Waals surface area (Å²) in [4.78, 5) is 0. The van der Waals surface area contributed by atoms with Crippen LogP contribution in [0.3, 0.4) is 0 Å². The zero-order chi connectivity index (χ0) is 69.2.